The van der Waals surface area contributed by atoms with Crippen LogP contribution in [0, 0.1) is 0 Å². The first-order chi connectivity index (χ1) is 5.25. The third-order valence-corrected chi connectivity index (χ3v) is 2.51. The normalized spacial score (nSPS) is 9.73. The summed E-state index contributed by atoms with van der Waals surface area (Å²) in [6, 6.07) is 7.83. The molecule has 0 spiro atoms. The van der Waals surface area contributed by atoms with Crippen LogP contribution in [0.1, 0.15) is 5.56 Å². The SMILES string of the molecule is ClB(Cl)c1ccccc1CBr. The maximum absolute atomic E-state index is 5.73. The van der Waals surface area contributed by atoms with Gasteiger partial charge in [-0.3, -0.25) is 0 Å². The van der Waals surface area contributed by atoms with Crippen LogP contribution < -0.4 is 5.46 Å². The van der Waals surface area contributed by atoms with Gasteiger partial charge in [0.1, 0.15) is 0 Å². The first kappa shape index (κ1) is 9.43. The molecule has 0 radical (unpaired) electrons. The van der Waals surface area contributed by atoms with Gasteiger partial charge in [0.05, 0.1) is 0 Å². The molecule has 1 rings (SSSR count). The van der Waals surface area contributed by atoms with Crippen LogP contribution in [0.15, 0.2) is 24.3 Å². The number of hydrogen-bond acceptors (Lipinski definition) is 0. The Labute approximate surface area is 84.9 Å². The smallest absolute Gasteiger partial charge is 0.165 e. The molecule has 0 aliphatic carbocycles. The van der Waals surface area contributed by atoms with E-state index >= 15 is 0 Å². The Hall–Kier alpha value is 0.345. The number of benzene rings is 1. The first-order valence-electron chi connectivity index (χ1n) is 3.17. The van der Waals surface area contributed by atoms with Crippen LogP contribution in [-0.4, -0.2) is 5.54 Å². The number of rotatable bonds is 2. The zero-order chi connectivity index (χ0) is 8.27. The van der Waals surface area contributed by atoms with E-state index in [2.05, 4.69) is 15.9 Å². The van der Waals surface area contributed by atoms with Gasteiger partial charge in [-0.25, -0.2) is 0 Å². The van der Waals surface area contributed by atoms with E-state index in [4.69, 9.17) is 22.9 Å². The Morgan fingerprint density at radius 1 is 1.27 bits per heavy atom. The number of halogens is 3. The van der Waals surface area contributed by atoms with E-state index in [0.29, 0.717) is 0 Å². The van der Waals surface area contributed by atoms with Crippen LogP contribution in [0.2, 0.25) is 0 Å². The van der Waals surface area contributed by atoms with Gasteiger partial charge in [-0.05, 0) is 11.0 Å². The molecular formula is C7H6BBrCl2. The fourth-order valence-corrected chi connectivity index (χ4v) is 1.81. The highest BCUT2D eigenvalue weighted by Crippen LogP contribution is 2.07. The first-order valence-corrected chi connectivity index (χ1v) is 5.17. The van der Waals surface area contributed by atoms with E-state index in [1.807, 2.05) is 24.3 Å². The fourth-order valence-electron chi connectivity index (χ4n) is 0.869. The van der Waals surface area contributed by atoms with Gasteiger partial charge in [-0.1, -0.05) is 40.2 Å². The van der Waals surface area contributed by atoms with Crippen LogP contribution >= 0.6 is 38.9 Å². The van der Waals surface area contributed by atoms with Crippen molar-refractivity contribution in [2.45, 2.75) is 5.33 Å². The van der Waals surface area contributed by atoms with E-state index in [0.717, 1.165) is 16.4 Å². The minimum atomic E-state index is -0.427. The number of hydrogen-bond donors (Lipinski definition) is 0. The summed E-state index contributed by atoms with van der Waals surface area (Å²) in [7, 11) is 0. The lowest BCUT2D eigenvalue weighted by atomic mass is 9.89. The molecule has 0 aliphatic heterocycles. The van der Waals surface area contributed by atoms with Crippen LogP contribution in [0.5, 0.6) is 0 Å². The van der Waals surface area contributed by atoms with E-state index < -0.39 is 5.54 Å². The van der Waals surface area contributed by atoms with Crippen molar-refractivity contribution in [3.63, 3.8) is 0 Å². The summed E-state index contributed by atoms with van der Waals surface area (Å²) in [6.45, 7) is 0. The average Bonchev–Trinajstić information content (AvgIpc) is 2.04. The van der Waals surface area contributed by atoms with Crippen molar-refractivity contribution in [1.29, 1.82) is 0 Å². The van der Waals surface area contributed by atoms with E-state index in [-0.39, 0.29) is 0 Å². The summed E-state index contributed by atoms with van der Waals surface area (Å²) < 4.78 is 0. The highest BCUT2D eigenvalue weighted by molar-refractivity contribution is 9.08. The summed E-state index contributed by atoms with van der Waals surface area (Å²) in [6.07, 6.45) is 0. The highest BCUT2D eigenvalue weighted by atomic mass is 79.9. The molecule has 58 valence electrons. The maximum Gasteiger partial charge on any atom is 0.383 e. The van der Waals surface area contributed by atoms with Gasteiger partial charge in [0.15, 0.2) is 0 Å². The van der Waals surface area contributed by atoms with Crippen molar-refractivity contribution in [3.05, 3.63) is 29.8 Å². The van der Waals surface area contributed by atoms with Gasteiger partial charge in [-0.2, -0.15) is 22.9 Å². The van der Waals surface area contributed by atoms with Gasteiger partial charge in [0.2, 0.25) is 0 Å². The molecule has 0 atom stereocenters. The Balaban J connectivity index is 3.02. The van der Waals surface area contributed by atoms with Gasteiger partial charge in [0.25, 0.3) is 0 Å². The van der Waals surface area contributed by atoms with Gasteiger partial charge >= 0.3 is 5.54 Å². The predicted octanol–water partition coefficient (Wildman–Crippen LogP) is 2.75. The topological polar surface area (TPSA) is 0 Å². The second kappa shape index (κ2) is 4.39. The van der Waals surface area contributed by atoms with Crippen LogP contribution in [0.4, 0.5) is 0 Å². The molecule has 0 nitrogen and oxygen atoms in total. The third-order valence-electron chi connectivity index (χ3n) is 1.43. The van der Waals surface area contributed by atoms with Gasteiger partial charge in [0, 0.05) is 5.33 Å². The van der Waals surface area contributed by atoms with E-state index in [1.165, 1.54) is 0 Å². The largest absolute Gasteiger partial charge is 0.383 e. The lowest BCUT2D eigenvalue weighted by Gasteiger charge is -2.03. The Bertz CT molecular complexity index is 240. The van der Waals surface area contributed by atoms with Crippen LogP contribution in [0.3, 0.4) is 0 Å². The predicted molar refractivity (Wildman–Crippen MR) is 56.2 cm³/mol. The highest BCUT2D eigenvalue weighted by Gasteiger charge is 2.12. The molecule has 1 aromatic rings. The standard InChI is InChI=1S/C7H6BBrCl2/c9-5-6-3-1-2-4-7(6)8(10)11/h1-4H,5H2. The molecule has 0 unspecified atom stereocenters. The van der Waals surface area contributed by atoms with Crippen molar-refractivity contribution in [2.75, 3.05) is 0 Å². The summed E-state index contributed by atoms with van der Waals surface area (Å²) in [5.41, 5.74) is 1.69. The second-order valence-electron chi connectivity index (χ2n) is 2.13. The third kappa shape index (κ3) is 2.39. The minimum absolute atomic E-state index is 0.427. The van der Waals surface area contributed by atoms with E-state index in [1.54, 1.807) is 0 Å². The molecule has 4 heteroatoms. The maximum atomic E-state index is 5.73. The van der Waals surface area contributed by atoms with Gasteiger partial charge < -0.3 is 0 Å². The van der Waals surface area contributed by atoms with Gasteiger partial charge in [-0.15, -0.1) is 0 Å². The fraction of sp³-hybridized carbons (Fsp3) is 0.143. The molecule has 0 fully saturated rings. The zero-order valence-corrected chi connectivity index (χ0v) is 8.83. The van der Waals surface area contributed by atoms with Crippen molar-refractivity contribution < 1.29 is 0 Å². The zero-order valence-electron chi connectivity index (χ0n) is 5.73. The number of alkyl halides is 1. The van der Waals surface area contributed by atoms with Crippen LogP contribution in [0.25, 0.3) is 0 Å². The van der Waals surface area contributed by atoms with Crippen molar-refractivity contribution in [3.8, 4) is 0 Å². The summed E-state index contributed by atoms with van der Waals surface area (Å²) >= 11 is 14.8. The molecular weight excluding hydrogens is 246 g/mol. The molecule has 0 heterocycles. The molecule has 0 amide bonds. The molecule has 0 saturated heterocycles. The molecule has 0 N–H and O–H groups in total. The van der Waals surface area contributed by atoms with Crippen LogP contribution in [-0.2, 0) is 5.33 Å². The van der Waals surface area contributed by atoms with Crippen molar-refractivity contribution in [1.82, 2.24) is 0 Å². The monoisotopic (exact) mass is 250 g/mol. The lowest BCUT2D eigenvalue weighted by molar-refractivity contribution is 1.48. The molecule has 0 aliphatic rings. The Morgan fingerprint density at radius 3 is 2.36 bits per heavy atom. The summed E-state index contributed by atoms with van der Waals surface area (Å²) in [4.78, 5) is 0. The molecule has 1 aromatic carbocycles. The van der Waals surface area contributed by atoms with Crippen molar-refractivity contribution in [2.24, 2.45) is 0 Å². The summed E-state index contributed by atoms with van der Waals surface area (Å²) in [5, 5.41) is 0.791. The lowest BCUT2D eigenvalue weighted by Crippen LogP contribution is -2.21. The second-order valence-corrected chi connectivity index (χ2v) is 3.79. The molecule has 0 saturated carbocycles. The Morgan fingerprint density at radius 2 is 1.91 bits per heavy atom. The summed E-state index contributed by atoms with van der Waals surface area (Å²) in [5.74, 6) is 0. The molecule has 0 bridgehead atoms. The van der Waals surface area contributed by atoms with Crippen molar-refractivity contribution >= 4 is 49.9 Å². The average molecular weight is 252 g/mol. The molecule has 0 aromatic heterocycles. The Kier molecular flexibility index (Phi) is 3.76. The quantitative estimate of drug-likeness (QED) is 0.560. The molecule has 11 heavy (non-hydrogen) atoms. The van der Waals surface area contributed by atoms with E-state index in [9.17, 15) is 0 Å². The minimum Gasteiger partial charge on any atom is -0.165 e.